The molecule has 0 fully saturated rings. The second-order valence-corrected chi connectivity index (χ2v) is 4.67. The number of alkyl halides is 1. The van der Waals surface area contributed by atoms with Crippen LogP contribution in [0.15, 0.2) is 54.6 Å². The van der Waals surface area contributed by atoms with Crippen LogP contribution >= 0.6 is 0 Å². The maximum atomic E-state index is 11.0. The number of carbonyl (C=O) groups is 1. The molecule has 1 nitrogen and oxygen atoms in total. The molecule has 29 heavy (non-hydrogen) atoms. The third kappa shape index (κ3) is 20.0. The van der Waals surface area contributed by atoms with Crippen molar-refractivity contribution in [3.63, 3.8) is 0 Å². The van der Waals surface area contributed by atoms with Crippen LogP contribution in [0.25, 0.3) is 5.57 Å². The minimum atomic E-state index is -0.0362. The minimum absolute atomic E-state index is 0. The van der Waals surface area contributed by atoms with E-state index in [0.29, 0.717) is 7.18 Å². The second-order valence-electron chi connectivity index (χ2n) is 4.67. The van der Waals surface area contributed by atoms with Crippen LogP contribution in [0.3, 0.4) is 0 Å². The summed E-state index contributed by atoms with van der Waals surface area (Å²) in [6.07, 6.45) is 3.74. The summed E-state index contributed by atoms with van der Waals surface area (Å²) in [5, 5.41) is 0. The Bertz CT molecular complexity index is 596. The summed E-state index contributed by atoms with van der Waals surface area (Å²) in [4.78, 5) is 11.0. The number of allylic oxidation sites excluding steroid dienone is 2. The van der Waals surface area contributed by atoms with Gasteiger partial charge in [-0.3, -0.25) is 4.39 Å². The molecule has 0 N–H and O–H groups in total. The standard InChI is InChI=1S/C18H17O.3C2H6.CH3F.B.Y/c1-14(12-15(2)19)18-10-8-17(9-11-18)13-16-6-4-3-5-7-16;4*1-2;;/h3-11H,13H2,1-2H3;3*1-2H3;1H3;;/q-1;;;;;;. The molecule has 4 radical (unpaired) electrons. The molecule has 0 amide bonds. The van der Waals surface area contributed by atoms with E-state index in [1.54, 1.807) is 0 Å². The molecule has 2 aromatic rings. The number of Topliss-reactive ketones (excluding diaryl/α,β-unsaturated/α-hetero) is 1. The van der Waals surface area contributed by atoms with Gasteiger partial charge in [0.2, 0.25) is 0 Å². The van der Waals surface area contributed by atoms with Crippen LogP contribution in [-0.4, -0.2) is 21.4 Å². The fraction of sp³-hybridized carbons (Fsp3) is 0.400. The van der Waals surface area contributed by atoms with Gasteiger partial charge in [0.25, 0.3) is 0 Å². The Morgan fingerprint density at radius 3 is 1.52 bits per heavy atom. The van der Waals surface area contributed by atoms with Gasteiger partial charge in [0.15, 0.2) is 0 Å². The zero-order valence-corrected chi connectivity index (χ0v) is 22.7. The Hall–Kier alpha value is -1.05. The molecule has 0 aromatic heterocycles. The average molecular weight is 473 g/mol. The fourth-order valence-corrected chi connectivity index (χ4v) is 2.04. The molecule has 0 saturated carbocycles. The number of carbonyl (C=O) groups excluding carboxylic acids is 1. The number of halogens is 1. The van der Waals surface area contributed by atoms with E-state index >= 15 is 0 Å². The van der Waals surface area contributed by atoms with Crippen molar-refractivity contribution in [1.29, 1.82) is 0 Å². The van der Waals surface area contributed by atoms with Gasteiger partial charge in [-0.15, -0.1) is 12.1 Å². The molecule has 0 atom stereocenters. The molecule has 2 aromatic carbocycles. The Balaban J connectivity index is -0.000000172. The number of rotatable bonds is 4. The van der Waals surface area contributed by atoms with Crippen molar-refractivity contribution >= 4 is 19.8 Å². The van der Waals surface area contributed by atoms with Gasteiger partial charge < -0.3 is 4.79 Å². The molecule has 158 valence electrons. The third-order valence-electron chi connectivity index (χ3n) is 3.00. The van der Waals surface area contributed by atoms with Gasteiger partial charge in [-0.2, -0.15) is 5.56 Å². The van der Waals surface area contributed by atoms with E-state index in [1.165, 1.54) is 18.1 Å². The number of benzene rings is 2. The Labute approximate surface area is 207 Å². The zero-order chi connectivity index (χ0) is 21.7. The number of hydrogen-bond acceptors (Lipinski definition) is 1. The van der Waals surface area contributed by atoms with Crippen molar-refractivity contribution in [2.24, 2.45) is 0 Å². The Morgan fingerprint density at radius 1 is 0.759 bits per heavy atom. The molecular weight excluding hydrogens is 435 g/mol. The molecule has 0 heterocycles. The molecule has 0 saturated heterocycles. The Morgan fingerprint density at radius 2 is 1.14 bits per heavy atom. The van der Waals surface area contributed by atoms with Crippen molar-refractivity contribution in [3.05, 3.63) is 77.4 Å². The molecule has 0 aliphatic carbocycles. The Kier molecular flexibility index (Phi) is 38.7. The predicted molar refractivity (Wildman–Crippen MR) is 126 cm³/mol. The van der Waals surface area contributed by atoms with E-state index in [0.717, 1.165) is 17.6 Å². The van der Waals surface area contributed by atoms with Crippen LogP contribution in [-0.2, 0) is 43.9 Å². The van der Waals surface area contributed by atoms with E-state index in [4.69, 9.17) is 0 Å². The molecule has 0 bridgehead atoms. The summed E-state index contributed by atoms with van der Waals surface area (Å²) in [6.45, 7) is 15.4. The van der Waals surface area contributed by atoms with E-state index in [-0.39, 0.29) is 46.9 Å². The number of hydrogen-bond donors (Lipinski definition) is 0. The van der Waals surface area contributed by atoms with Gasteiger partial charge in [-0.25, -0.2) is 11.6 Å². The van der Waals surface area contributed by atoms with Gasteiger partial charge in [0.1, 0.15) is 0 Å². The van der Waals surface area contributed by atoms with E-state index in [1.807, 2.05) is 66.7 Å². The summed E-state index contributed by atoms with van der Waals surface area (Å²) < 4.78 is 9.50. The van der Waals surface area contributed by atoms with E-state index in [2.05, 4.69) is 42.5 Å². The van der Waals surface area contributed by atoms with Crippen molar-refractivity contribution in [2.75, 3.05) is 7.18 Å². The van der Waals surface area contributed by atoms with Crippen LogP contribution in [0.1, 0.15) is 72.1 Å². The molecule has 4 heteroatoms. The molecule has 0 aliphatic heterocycles. The summed E-state index contributed by atoms with van der Waals surface area (Å²) in [5.74, 6) is -0.0362. The summed E-state index contributed by atoms with van der Waals surface area (Å²) in [7, 11) is 0.500. The first-order chi connectivity index (χ1) is 13.1. The summed E-state index contributed by atoms with van der Waals surface area (Å²) in [6, 6.07) is 18.7. The third-order valence-corrected chi connectivity index (χ3v) is 3.00. The van der Waals surface area contributed by atoms with Crippen molar-refractivity contribution in [1.82, 2.24) is 0 Å². The quantitative estimate of drug-likeness (QED) is 0.258. The SMILES string of the molecule is CC.CC.CC.CC(=O)[C-]=C(C)c1ccc(Cc2ccccc2)cc1.CF.[B].[Y]. The smallest absolute Gasteiger partial charge is 0.0785 e. The maximum Gasteiger partial charge on any atom is 0.0785 e. The van der Waals surface area contributed by atoms with Gasteiger partial charge in [-0.1, -0.05) is 90.9 Å². The second kappa shape index (κ2) is 29.2. The summed E-state index contributed by atoms with van der Waals surface area (Å²) >= 11 is 0. The molecular formula is C25H38BFOY-. The molecule has 0 spiro atoms. The van der Waals surface area contributed by atoms with Crippen LogP contribution in [0.4, 0.5) is 4.39 Å². The van der Waals surface area contributed by atoms with Crippen molar-refractivity contribution < 1.29 is 41.9 Å². The van der Waals surface area contributed by atoms with Crippen LogP contribution < -0.4 is 0 Å². The minimum Gasteiger partial charge on any atom is -0.317 e. The van der Waals surface area contributed by atoms with Crippen LogP contribution in [0, 0.1) is 6.08 Å². The molecule has 0 unspecified atom stereocenters. The van der Waals surface area contributed by atoms with Crippen molar-refractivity contribution in [2.45, 2.75) is 61.8 Å². The van der Waals surface area contributed by atoms with Gasteiger partial charge in [0.05, 0.1) is 13.0 Å². The molecule has 0 aliphatic rings. The first kappa shape index (κ1) is 38.5. The predicted octanol–water partition coefficient (Wildman–Crippen LogP) is 7.35. The van der Waals surface area contributed by atoms with Gasteiger partial charge in [-0.05, 0) is 24.5 Å². The molecule has 2 rings (SSSR count). The normalized spacial score (nSPS) is 8.28. The van der Waals surface area contributed by atoms with E-state index < -0.39 is 0 Å². The van der Waals surface area contributed by atoms with Crippen LogP contribution in [0.5, 0.6) is 0 Å². The topological polar surface area (TPSA) is 17.1 Å². The van der Waals surface area contributed by atoms with Gasteiger partial charge in [0, 0.05) is 41.1 Å². The fourth-order valence-electron chi connectivity index (χ4n) is 2.04. The summed E-state index contributed by atoms with van der Waals surface area (Å²) in [5.41, 5.74) is 4.51. The first-order valence-corrected chi connectivity index (χ1v) is 9.77. The monoisotopic (exact) mass is 473 g/mol. The number of ketones is 1. The largest absolute Gasteiger partial charge is 0.317 e. The first-order valence-electron chi connectivity index (χ1n) is 9.77. The van der Waals surface area contributed by atoms with Crippen LogP contribution in [0.2, 0.25) is 0 Å². The van der Waals surface area contributed by atoms with E-state index in [9.17, 15) is 9.18 Å². The average Bonchev–Trinajstić information content (AvgIpc) is 2.75. The zero-order valence-electron chi connectivity index (χ0n) is 19.8. The van der Waals surface area contributed by atoms with Crippen molar-refractivity contribution in [3.8, 4) is 0 Å². The maximum absolute atomic E-state index is 11.0. The van der Waals surface area contributed by atoms with Gasteiger partial charge >= 0.3 is 0 Å².